The Morgan fingerprint density at radius 1 is 1.38 bits per heavy atom. The van der Waals surface area contributed by atoms with Crippen LogP contribution in [0.15, 0.2) is 28.8 Å². The van der Waals surface area contributed by atoms with E-state index in [1.807, 2.05) is 0 Å². The van der Waals surface area contributed by atoms with Crippen LogP contribution in [0.1, 0.15) is 10.6 Å². The second-order valence-electron chi connectivity index (χ2n) is 2.96. The summed E-state index contributed by atoms with van der Waals surface area (Å²) < 4.78 is 30.8. The summed E-state index contributed by atoms with van der Waals surface area (Å²) in [7, 11) is 0. The summed E-state index contributed by atoms with van der Waals surface area (Å²) in [6.07, 6.45) is 0.933. The first-order valence-corrected chi connectivity index (χ1v) is 4.22. The molecule has 0 amide bonds. The highest BCUT2D eigenvalue weighted by Gasteiger charge is 2.15. The molecule has 82 valence electrons. The topological polar surface area (TPSA) is 63.3 Å². The molecule has 0 atom stereocenters. The van der Waals surface area contributed by atoms with Gasteiger partial charge in [0.15, 0.2) is 0 Å². The number of halogens is 2. The lowest BCUT2D eigenvalue weighted by atomic mass is 10.2. The summed E-state index contributed by atoms with van der Waals surface area (Å²) in [5.41, 5.74) is -0.215. The zero-order chi connectivity index (χ0) is 11.7. The van der Waals surface area contributed by atoms with Crippen molar-refractivity contribution in [1.29, 1.82) is 0 Å². The molecule has 0 aliphatic rings. The minimum absolute atomic E-state index is 0.215. The standard InChI is InChI=1S/C10H5F2NO3/c11-5-1-2-7(12)6(3-5)9-13-4-8(16-9)10(14)15/h1-4H,(H,14,15). The highest BCUT2D eigenvalue weighted by atomic mass is 19.1. The first kappa shape index (κ1) is 10.3. The normalized spacial score (nSPS) is 10.4. The number of hydrogen-bond acceptors (Lipinski definition) is 3. The second-order valence-corrected chi connectivity index (χ2v) is 2.96. The quantitative estimate of drug-likeness (QED) is 0.851. The maximum Gasteiger partial charge on any atom is 0.373 e. The molecule has 2 rings (SSSR count). The van der Waals surface area contributed by atoms with Crippen molar-refractivity contribution >= 4 is 5.97 Å². The van der Waals surface area contributed by atoms with Crippen LogP contribution in [0.25, 0.3) is 11.5 Å². The molecule has 4 nitrogen and oxygen atoms in total. The van der Waals surface area contributed by atoms with Crippen molar-refractivity contribution in [3.05, 3.63) is 41.8 Å². The van der Waals surface area contributed by atoms with Gasteiger partial charge >= 0.3 is 5.97 Å². The van der Waals surface area contributed by atoms with Crippen molar-refractivity contribution in [3.63, 3.8) is 0 Å². The van der Waals surface area contributed by atoms with E-state index in [1.54, 1.807) is 0 Å². The molecule has 0 aliphatic carbocycles. The summed E-state index contributed by atoms with van der Waals surface area (Å²) in [6.45, 7) is 0. The summed E-state index contributed by atoms with van der Waals surface area (Å²) in [4.78, 5) is 14.1. The monoisotopic (exact) mass is 225 g/mol. The maximum absolute atomic E-state index is 13.3. The van der Waals surface area contributed by atoms with Gasteiger partial charge in [0.25, 0.3) is 0 Å². The molecule has 2 aromatic rings. The van der Waals surface area contributed by atoms with Gasteiger partial charge in [-0.15, -0.1) is 0 Å². The Balaban J connectivity index is 2.50. The number of oxazole rings is 1. The van der Waals surface area contributed by atoms with E-state index in [9.17, 15) is 13.6 Å². The van der Waals surface area contributed by atoms with Crippen LogP contribution in [-0.4, -0.2) is 16.1 Å². The van der Waals surface area contributed by atoms with E-state index in [0.717, 1.165) is 24.4 Å². The van der Waals surface area contributed by atoms with Crippen LogP contribution in [0, 0.1) is 11.6 Å². The number of benzene rings is 1. The first-order valence-electron chi connectivity index (χ1n) is 4.22. The van der Waals surface area contributed by atoms with Crippen molar-refractivity contribution in [3.8, 4) is 11.5 Å². The molecule has 0 fully saturated rings. The van der Waals surface area contributed by atoms with Crippen LogP contribution in [0.4, 0.5) is 8.78 Å². The second kappa shape index (κ2) is 3.73. The van der Waals surface area contributed by atoms with Crippen LogP contribution in [0.3, 0.4) is 0 Å². The predicted octanol–water partition coefficient (Wildman–Crippen LogP) is 2.32. The smallest absolute Gasteiger partial charge is 0.373 e. The molecule has 16 heavy (non-hydrogen) atoms. The fourth-order valence-electron chi connectivity index (χ4n) is 1.16. The summed E-state index contributed by atoms with van der Waals surface area (Å²) in [5.74, 6) is -3.42. The van der Waals surface area contributed by atoms with Gasteiger partial charge in [-0.3, -0.25) is 0 Å². The fraction of sp³-hybridized carbons (Fsp3) is 0. The van der Waals surface area contributed by atoms with Crippen molar-refractivity contribution in [1.82, 2.24) is 4.98 Å². The minimum atomic E-state index is -1.32. The number of hydrogen-bond donors (Lipinski definition) is 1. The van der Waals surface area contributed by atoms with E-state index >= 15 is 0 Å². The van der Waals surface area contributed by atoms with E-state index < -0.39 is 23.4 Å². The SMILES string of the molecule is O=C(O)c1cnc(-c2cc(F)ccc2F)o1. The highest BCUT2D eigenvalue weighted by molar-refractivity contribution is 5.84. The molecule has 0 unspecified atom stereocenters. The van der Waals surface area contributed by atoms with Crippen LogP contribution < -0.4 is 0 Å². The fourth-order valence-corrected chi connectivity index (χ4v) is 1.16. The molecule has 0 saturated heterocycles. The number of aromatic nitrogens is 1. The van der Waals surface area contributed by atoms with Gasteiger partial charge in [-0.05, 0) is 18.2 Å². The molecule has 1 N–H and O–H groups in total. The molecule has 6 heteroatoms. The van der Waals surface area contributed by atoms with Crippen LogP contribution >= 0.6 is 0 Å². The van der Waals surface area contributed by atoms with Crippen molar-refractivity contribution in [2.75, 3.05) is 0 Å². The largest absolute Gasteiger partial charge is 0.475 e. The van der Waals surface area contributed by atoms with E-state index in [0.29, 0.717) is 0 Å². The van der Waals surface area contributed by atoms with Gasteiger partial charge in [0.1, 0.15) is 11.6 Å². The molecule has 0 saturated carbocycles. The lowest BCUT2D eigenvalue weighted by Crippen LogP contribution is -1.91. The summed E-state index contributed by atoms with van der Waals surface area (Å²) >= 11 is 0. The zero-order valence-electron chi connectivity index (χ0n) is 7.78. The van der Waals surface area contributed by atoms with Gasteiger partial charge < -0.3 is 9.52 Å². The highest BCUT2D eigenvalue weighted by Crippen LogP contribution is 2.23. The third-order valence-corrected chi connectivity index (χ3v) is 1.88. The van der Waals surface area contributed by atoms with Crippen molar-refractivity contribution in [2.45, 2.75) is 0 Å². The average Bonchev–Trinajstić information content (AvgIpc) is 2.70. The van der Waals surface area contributed by atoms with Gasteiger partial charge in [0.2, 0.25) is 11.7 Å². The molecular formula is C10H5F2NO3. The predicted molar refractivity (Wildman–Crippen MR) is 48.8 cm³/mol. The average molecular weight is 225 g/mol. The van der Waals surface area contributed by atoms with E-state index in [-0.39, 0.29) is 11.5 Å². The van der Waals surface area contributed by atoms with Crippen molar-refractivity contribution in [2.24, 2.45) is 0 Å². The van der Waals surface area contributed by atoms with Gasteiger partial charge in [0.05, 0.1) is 11.8 Å². The van der Waals surface area contributed by atoms with Crippen LogP contribution in [-0.2, 0) is 0 Å². The Kier molecular flexibility index (Phi) is 2.40. The third-order valence-electron chi connectivity index (χ3n) is 1.88. The molecule has 0 radical (unpaired) electrons. The third kappa shape index (κ3) is 1.77. The number of rotatable bonds is 2. The van der Waals surface area contributed by atoms with Gasteiger partial charge in [0, 0.05) is 0 Å². The lowest BCUT2D eigenvalue weighted by Gasteiger charge is -1.97. The Bertz CT molecular complexity index is 551. The lowest BCUT2D eigenvalue weighted by molar-refractivity contribution is 0.0663. The molecule has 0 bridgehead atoms. The van der Waals surface area contributed by atoms with Crippen molar-refractivity contribution < 1.29 is 23.1 Å². The van der Waals surface area contributed by atoms with Gasteiger partial charge in [-0.25, -0.2) is 18.6 Å². The molecule has 0 spiro atoms. The number of carboxylic acids is 1. The van der Waals surface area contributed by atoms with Crippen LogP contribution in [0.2, 0.25) is 0 Å². The number of carbonyl (C=O) groups is 1. The molecule has 1 aromatic heterocycles. The van der Waals surface area contributed by atoms with Gasteiger partial charge in [-0.2, -0.15) is 0 Å². The number of carboxylic acid groups (broad SMARTS) is 1. The Morgan fingerprint density at radius 3 is 2.75 bits per heavy atom. The molecule has 0 aliphatic heterocycles. The van der Waals surface area contributed by atoms with Crippen LogP contribution in [0.5, 0.6) is 0 Å². The first-order chi connectivity index (χ1) is 7.58. The summed E-state index contributed by atoms with van der Waals surface area (Å²) in [6, 6.07) is 2.74. The van der Waals surface area contributed by atoms with E-state index in [4.69, 9.17) is 9.52 Å². The molecule has 1 aromatic carbocycles. The van der Waals surface area contributed by atoms with Gasteiger partial charge in [-0.1, -0.05) is 0 Å². The van der Waals surface area contributed by atoms with E-state index in [1.165, 1.54) is 0 Å². The Hall–Kier alpha value is -2.24. The maximum atomic E-state index is 13.3. The molecule has 1 heterocycles. The minimum Gasteiger partial charge on any atom is -0.475 e. The number of aromatic carboxylic acids is 1. The summed E-state index contributed by atoms with van der Waals surface area (Å²) in [5, 5.41) is 8.57. The molecular weight excluding hydrogens is 220 g/mol. The Labute approximate surface area is 88.2 Å². The zero-order valence-corrected chi connectivity index (χ0v) is 7.78. The number of nitrogens with zero attached hydrogens (tertiary/aromatic N) is 1. The van der Waals surface area contributed by atoms with E-state index in [2.05, 4.69) is 4.98 Å². The Morgan fingerprint density at radius 2 is 2.12 bits per heavy atom.